The molecule has 0 aliphatic carbocycles. The van der Waals surface area contributed by atoms with Gasteiger partial charge >= 0.3 is 6.03 Å². The molecule has 0 saturated carbocycles. The molecular formula is C10H10BrN3O2. The van der Waals surface area contributed by atoms with Gasteiger partial charge in [0.05, 0.1) is 0 Å². The summed E-state index contributed by atoms with van der Waals surface area (Å²) in [6, 6.07) is 6.59. The van der Waals surface area contributed by atoms with Gasteiger partial charge < -0.3 is 10.6 Å². The molecule has 0 aromatic heterocycles. The molecule has 16 heavy (non-hydrogen) atoms. The monoisotopic (exact) mass is 283 g/mol. The van der Waals surface area contributed by atoms with Gasteiger partial charge in [0.1, 0.15) is 6.04 Å². The molecule has 1 aromatic rings. The highest BCUT2D eigenvalue weighted by Gasteiger charge is 2.25. The number of carbonyl (C=O) groups is 2. The lowest BCUT2D eigenvalue weighted by Gasteiger charge is -2.23. The summed E-state index contributed by atoms with van der Waals surface area (Å²) in [7, 11) is 0. The van der Waals surface area contributed by atoms with Crippen LogP contribution in [0.4, 0.5) is 10.5 Å². The third-order valence-corrected chi connectivity index (χ3v) is 2.73. The van der Waals surface area contributed by atoms with Crippen LogP contribution in [0.25, 0.3) is 0 Å². The van der Waals surface area contributed by atoms with E-state index in [0.717, 1.165) is 10.2 Å². The smallest absolute Gasteiger partial charge is 0.321 e. The lowest BCUT2D eigenvalue weighted by Crippen LogP contribution is -2.57. The second kappa shape index (κ2) is 4.52. The van der Waals surface area contributed by atoms with E-state index in [1.807, 2.05) is 24.3 Å². The number of anilines is 1. The van der Waals surface area contributed by atoms with Crippen molar-refractivity contribution in [2.75, 3.05) is 11.9 Å². The first-order chi connectivity index (χ1) is 7.65. The Morgan fingerprint density at radius 1 is 1.25 bits per heavy atom. The van der Waals surface area contributed by atoms with Crippen LogP contribution in [0.1, 0.15) is 0 Å². The summed E-state index contributed by atoms with van der Waals surface area (Å²) in [5, 5.41) is 7.78. The summed E-state index contributed by atoms with van der Waals surface area (Å²) in [4.78, 5) is 22.3. The van der Waals surface area contributed by atoms with E-state index in [-0.39, 0.29) is 5.91 Å². The average molecular weight is 284 g/mol. The van der Waals surface area contributed by atoms with Gasteiger partial charge in [-0.25, -0.2) is 4.79 Å². The fourth-order valence-corrected chi connectivity index (χ4v) is 1.66. The Morgan fingerprint density at radius 2 is 1.94 bits per heavy atom. The molecule has 3 N–H and O–H groups in total. The van der Waals surface area contributed by atoms with Crippen molar-refractivity contribution < 1.29 is 9.59 Å². The molecule has 0 spiro atoms. The topological polar surface area (TPSA) is 70.2 Å². The predicted molar refractivity (Wildman–Crippen MR) is 63.1 cm³/mol. The van der Waals surface area contributed by atoms with Crippen molar-refractivity contribution in [1.29, 1.82) is 0 Å². The van der Waals surface area contributed by atoms with Gasteiger partial charge in [-0.05, 0) is 24.3 Å². The van der Waals surface area contributed by atoms with E-state index >= 15 is 0 Å². The van der Waals surface area contributed by atoms with Gasteiger partial charge in [0.2, 0.25) is 0 Å². The number of hydrogen-bond acceptors (Lipinski definition) is 3. The van der Waals surface area contributed by atoms with E-state index in [1.54, 1.807) is 0 Å². The first kappa shape index (κ1) is 10.9. The van der Waals surface area contributed by atoms with Crippen LogP contribution < -0.4 is 16.0 Å². The van der Waals surface area contributed by atoms with Gasteiger partial charge in [0, 0.05) is 16.7 Å². The summed E-state index contributed by atoms with van der Waals surface area (Å²) in [5.41, 5.74) is 0.833. The SMILES string of the molecule is O=C1NC[C@H](Nc2ccc(Br)cc2)C(=O)N1. The quantitative estimate of drug-likeness (QED) is 0.760. The number of imide groups is 1. The van der Waals surface area contributed by atoms with Crippen molar-refractivity contribution in [3.8, 4) is 0 Å². The molecule has 1 fully saturated rings. The Hall–Kier alpha value is -1.56. The van der Waals surface area contributed by atoms with Crippen LogP contribution in [0.5, 0.6) is 0 Å². The van der Waals surface area contributed by atoms with Crippen molar-refractivity contribution >= 4 is 33.6 Å². The Morgan fingerprint density at radius 3 is 2.56 bits per heavy atom. The summed E-state index contributed by atoms with van der Waals surface area (Å²) < 4.78 is 0.972. The summed E-state index contributed by atoms with van der Waals surface area (Å²) >= 11 is 3.33. The summed E-state index contributed by atoms with van der Waals surface area (Å²) in [6.45, 7) is 0.292. The molecule has 6 heteroatoms. The van der Waals surface area contributed by atoms with E-state index in [4.69, 9.17) is 0 Å². The van der Waals surface area contributed by atoms with Crippen LogP contribution in [0.2, 0.25) is 0 Å². The maximum Gasteiger partial charge on any atom is 0.321 e. The number of amides is 3. The number of benzene rings is 1. The Balaban J connectivity index is 2.02. The van der Waals surface area contributed by atoms with Crippen LogP contribution in [-0.2, 0) is 4.79 Å². The molecule has 1 heterocycles. The minimum absolute atomic E-state index is 0.292. The van der Waals surface area contributed by atoms with Crippen molar-refractivity contribution in [1.82, 2.24) is 10.6 Å². The molecule has 1 aromatic carbocycles. The summed E-state index contributed by atoms with van der Waals surface area (Å²) in [6.07, 6.45) is 0. The molecule has 5 nitrogen and oxygen atoms in total. The molecule has 84 valence electrons. The Kier molecular flexibility index (Phi) is 3.09. The zero-order valence-corrected chi connectivity index (χ0v) is 9.87. The molecule has 1 aliphatic rings. The van der Waals surface area contributed by atoms with Crippen LogP contribution in [-0.4, -0.2) is 24.5 Å². The second-order valence-corrected chi connectivity index (χ2v) is 4.32. The Labute approximate surface area is 101 Å². The first-order valence-corrected chi connectivity index (χ1v) is 5.55. The minimum Gasteiger partial charge on any atom is -0.372 e. The normalized spacial score (nSPS) is 19.9. The van der Waals surface area contributed by atoms with E-state index in [2.05, 4.69) is 31.9 Å². The van der Waals surface area contributed by atoms with Crippen LogP contribution in [0.3, 0.4) is 0 Å². The predicted octanol–water partition coefficient (Wildman–Crippen LogP) is 1.07. The number of nitrogens with one attached hydrogen (secondary N) is 3. The maximum atomic E-state index is 11.4. The van der Waals surface area contributed by atoms with Crippen molar-refractivity contribution in [3.05, 3.63) is 28.7 Å². The van der Waals surface area contributed by atoms with Crippen molar-refractivity contribution in [2.24, 2.45) is 0 Å². The number of rotatable bonds is 2. The highest BCUT2D eigenvalue weighted by molar-refractivity contribution is 9.10. The van der Waals surface area contributed by atoms with E-state index in [1.165, 1.54) is 0 Å². The standard InChI is InChI=1S/C10H10BrN3O2/c11-6-1-3-7(4-2-6)13-8-5-12-10(16)14-9(8)15/h1-4,8,13H,5H2,(H2,12,14,15,16)/t8-/m0/s1. The molecule has 1 aliphatic heterocycles. The summed E-state index contributed by atoms with van der Waals surface area (Å²) in [5.74, 6) is -0.313. The number of halogens is 1. The van der Waals surface area contributed by atoms with E-state index in [0.29, 0.717) is 6.54 Å². The van der Waals surface area contributed by atoms with Crippen molar-refractivity contribution in [3.63, 3.8) is 0 Å². The van der Waals surface area contributed by atoms with E-state index in [9.17, 15) is 9.59 Å². The van der Waals surface area contributed by atoms with Gasteiger partial charge in [0.15, 0.2) is 0 Å². The molecule has 1 saturated heterocycles. The largest absolute Gasteiger partial charge is 0.372 e. The fraction of sp³-hybridized carbons (Fsp3) is 0.200. The zero-order chi connectivity index (χ0) is 11.5. The Bertz CT molecular complexity index is 419. The second-order valence-electron chi connectivity index (χ2n) is 3.40. The number of hydrogen-bond donors (Lipinski definition) is 3. The highest BCUT2D eigenvalue weighted by atomic mass is 79.9. The number of carbonyl (C=O) groups excluding carboxylic acids is 2. The third-order valence-electron chi connectivity index (χ3n) is 2.21. The number of urea groups is 1. The minimum atomic E-state index is -0.446. The molecule has 0 bridgehead atoms. The van der Waals surface area contributed by atoms with Gasteiger partial charge in [0.25, 0.3) is 5.91 Å². The molecule has 3 amide bonds. The first-order valence-electron chi connectivity index (χ1n) is 4.76. The van der Waals surface area contributed by atoms with Crippen molar-refractivity contribution in [2.45, 2.75) is 6.04 Å². The van der Waals surface area contributed by atoms with Crippen LogP contribution >= 0.6 is 15.9 Å². The van der Waals surface area contributed by atoms with Gasteiger partial charge in [-0.2, -0.15) is 0 Å². The maximum absolute atomic E-state index is 11.4. The molecule has 0 unspecified atom stereocenters. The van der Waals surface area contributed by atoms with Gasteiger partial charge in [-0.3, -0.25) is 10.1 Å². The zero-order valence-electron chi connectivity index (χ0n) is 8.29. The van der Waals surface area contributed by atoms with Gasteiger partial charge in [-0.15, -0.1) is 0 Å². The third kappa shape index (κ3) is 2.52. The lowest BCUT2D eigenvalue weighted by molar-refractivity contribution is -0.121. The van der Waals surface area contributed by atoms with Crippen LogP contribution in [0.15, 0.2) is 28.7 Å². The lowest BCUT2D eigenvalue weighted by atomic mass is 10.2. The van der Waals surface area contributed by atoms with Crippen LogP contribution in [0, 0.1) is 0 Å². The van der Waals surface area contributed by atoms with Gasteiger partial charge in [-0.1, -0.05) is 15.9 Å². The fourth-order valence-electron chi connectivity index (χ4n) is 1.39. The molecule has 2 rings (SSSR count). The molecule has 1 atom stereocenters. The molecule has 0 radical (unpaired) electrons. The van der Waals surface area contributed by atoms with E-state index < -0.39 is 12.1 Å². The molecular weight excluding hydrogens is 274 g/mol. The highest BCUT2D eigenvalue weighted by Crippen LogP contribution is 2.15. The average Bonchev–Trinajstić information content (AvgIpc) is 2.25.